The number of nitrogens with zero attached hydrogens (tertiary/aromatic N) is 1. The van der Waals surface area contributed by atoms with Crippen LogP contribution in [-0.4, -0.2) is 42.5 Å². The maximum atomic E-state index is 12.4. The molecule has 0 aromatic heterocycles. The number of nitrogens with one attached hydrogen (secondary N) is 1. The molecule has 2 aliphatic heterocycles. The minimum Gasteiger partial charge on any atom is -0.482 e. The van der Waals surface area contributed by atoms with Crippen LogP contribution in [0.1, 0.15) is 23.2 Å². The van der Waals surface area contributed by atoms with E-state index in [1.165, 1.54) is 0 Å². The molecule has 3 N–H and O–H groups in total. The third kappa shape index (κ3) is 2.46. The van der Waals surface area contributed by atoms with Crippen LogP contribution in [0.4, 0.5) is 5.69 Å². The van der Waals surface area contributed by atoms with Gasteiger partial charge in [0, 0.05) is 24.7 Å². The SMILES string of the molecule is N[C@H]1CCCN(C(=O)c2ccc3c(c2)OCC(=O)N3)C1. The monoisotopic (exact) mass is 275 g/mol. The van der Waals surface area contributed by atoms with Crippen LogP contribution in [0, 0.1) is 0 Å². The Morgan fingerprint density at radius 2 is 2.30 bits per heavy atom. The molecule has 6 heteroatoms. The fraction of sp³-hybridized carbons (Fsp3) is 0.429. The number of nitrogens with two attached hydrogens (primary N) is 1. The standard InChI is InChI=1S/C14H17N3O3/c15-10-2-1-5-17(7-10)14(19)9-3-4-11-12(6-9)20-8-13(18)16-11/h3-4,6,10H,1-2,5,7-8,15H2,(H,16,18)/t10-/m0/s1. The molecule has 1 aromatic rings. The summed E-state index contributed by atoms with van der Waals surface area (Å²) in [7, 11) is 0. The quantitative estimate of drug-likeness (QED) is 0.785. The number of fused-ring (bicyclic) bond motifs is 1. The van der Waals surface area contributed by atoms with E-state index >= 15 is 0 Å². The van der Waals surface area contributed by atoms with Crippen LogP contribution in [0.2, 0.25) is 0 Å². The summed E-state index contributed by atoms with van der Waals surface area (Å²) in [5.74, 6) is 0.318. The zero-order chi connectivity index (χ0) is 14.1. The Morgan fingerprint density at radius 3 is 3.10 bits per heavy atom. The van der Waals surface area contributed by atoms with Crippen molar-refractivity contribution >= 4 is 17.5 Å². The van der Waals surface area contributed by atoms with Gasteiger partial charge in [-0.05, 0) is 31.0 Å². The van der Waals surface area contributed by atoms with E-state index in [-0.39, 0.29) is 24.5 Å². The molecule has 2 amide bonds. The molecule has 0 bridgehead atoms. The molecule has 1 aromatic carbocycles. The Balaban J connectivity index is 1.80. The van der Waals surface area contributed by atoms with Gasteiger partial charge in [0.1, 0.15) is 5.75 Å². The molecule has 0 saturated carbocycles. The smallest absolute Gasteiger partial charge is 0.262 e. The Morgan fingerprint density at radius 1 is 1.45 bits per heavy atom. The second-order valence-electron chi connectivity index (χ2n) is 5.20. The summed E-state index contributed by atoms with van der Waals surface area (Å²) in [6.45, 7) is 1.31. The molecule has 2 aliphatic rings. The summed E-state index contributed by atoms with van der Waals surface area (Å²) in [5, 5.41) is 2.70. The van der Waals surface area contributed by atoms with E-state index < -0.39 is 0 Å². The Bertz CT molecular complexity index is 559. The average molecular weight is 275 g/mol. The number of carbonyl (C=O) groups excluding carboxylic acids is 2. The van der Waals surface area contributed by atoms with E-state index in [0.717, 1.165) is 19.4 Å². The predicted molar refractivity (Wildman–Crippen MR) is 73.7 cm³/mol. The van der Waals surface area contributed by atoms with Gasteiger partial charge in [-0.15, -0.1) is 0 Å². The molecule has 2 heterocycles. The topological polar surface area (TPSA) is 84.7 Å². The highest BCUT2D eigenvalue weighted by atomic mass is 16.5. The third-order valence-corrected chi connectivity index (χ3v) is 3.61. The molecule has 0 unspecified atom stereocenters. The Labute approximate surface area is 116 Å². The molecule has 6 nitrogen and oxygen atoms in total. The maximum Gasteiger partial charge on any atom is 0.262 e. The van der Waals surface area contributed by atoms with E-state index in [1.54, 1.807) is 23.1 Å². The summed E-state index contributed by atoms with van der Waals surface area (Å²) in [6.07, 6.45) is 1.90. The number of benzene rings is 1. The summed E-state index contributed by atoms with van der Waals surface area (Å²) >= 11 is 0. The number of hydrogen-bond donors (Lipinski definition) is 2. The molecular weight excluding hydrogens is 258 g/mol. The van der Waals surface area contributed by atoms with Gasteiger partial charge < -0.3 is 20.7 Å². The van der Waals surface area contributed by atoms with Crippen LogP contribution in [0.3, 0.4) is 0 Å². The average Bonchev–Trinajstić information content (AvgIpc) is 2.46. The molecule has 0 aliphatic carbocycles. The number of rotatable bonds is 1. The number of ether oxygens (including phenoxy) is 1. The molecular formula is C14H17N3O3. The van der Waals surface area contributed by atoms with Crippen LogP contribution < -0.4 is 15.8 Å². The molecule has 20 heavy (non-hydrogen) atoms. The fourth-order valence-corrected chi connectivity index (χ4v) is 2.58. The Hall–Kier alpha value is -2.08. The molecule has 1 saturated heterocycles. The molecule has 3 rings (SSSR count). The van der Waals surface area contributed by atoms with E-state index in [0.29, 0.717) is 23.5 Å². The van der Waals surface area contributed by atoms with Crippen molar-refractivity contribution < 1.29 is 14.3 Å². The van der Waals surface area contributed by atoms with E-state index in [4.69, 9.17) is 10.5 Å². The normalized spacial score (nSPS) is 21.8. The van der Waals surface area contributed by atoms with E-state index in [2.05, 4.69) is 5.32 Å². The molecule has 0 radical (unpaired) electrons. The van der Waals surface area contributed by atoms with Gasteiger partial charge in [0.05, 0.1) is 5.69 Å². The summed E-state index contributed by atoms with van der Waals surface area (Å²) in [5.41, 5.74) is 7.07. The minimum atomic E-state index is -0.182. The minimum absolute atomic E-state index is 0.0147. The highest BCUT2D eigenvalue weighted by Gasteiger charge is 2.24. The first-order valence-corrected chi connectivity index (χ1v) is 6.75. The largest absolute Gasteiger partial charge is 0.482 e. The second-order valence-corrected chi connectivity index (χ2v) is 5.20. The van der Waals surface area contributed by atoms with Crippen LogP contribution in [0.5, 0.6) is 5.75 Å². The van der Waals surface area contributed by atoms with Gasteiger partial charge in [-0.3, -0.25) is 9.59 Å². The number of anilines is 1. The lowest BCUT2D eigenvalue weighted by Gasteiger charge is -2.31. The van der Waals surface area contributed by atoms with Gasteiger partial charge in [-0.2, -0.15) is 0 Å². The number of hydrogen-bond acceptors (Lipinski definition) is 4. The molecule has 106 valence electrons. The van der Waals surface area contributed by atoms with Crippen molar-refractivity contribution in [1.82, 2.24) is 4.90 Å². The summed E-state index contributed by atoms with van der Waals surface area (Å²) in [6, 6.07) is 5.14. The number of amides is 2. The van der Waals surface area contributed by atoms with Crippen molar-refractivity contribution in [3.8, 4) is 5.75 Å². The summed E-state index contributed by atoms with van der Waals surface area (Å²) in [4.78, 5) is 25.4. The van der Waals surface area contributed by atoms with Crippen molar-refractivity contribution in [1.29, 1.82) is 0 Å². The van der Waals surface area contributed by atoms with Gasteiger partial charge in [-0.1, -0.05) is 0 Å². The highest BCUT2D eigenvalue weighted by Crippen LogP contribution is 2.29. The number of likely N-dealkylation sites (tertiary alicyclic amines) is 1. The zero-order valence-electron chi connectivity index (χ0n) is 11.1. The maximum absolute atomic E-state index is 12.4. The first-order valence-electron chi connectivity index (χ1n) is 6.75. The van der Waals surface area contributed by atoms with Crippen molar-refractivity contribution in [2.75, 3.05) is 25.0 Å². The number of carbonyl (C=O) groups is 2. The van der Waals surface area contributed by atoms with Gasteiger partial charge in [0.15, 0.2) is 6.61 Å². The predicted octanol–water partition coefficient (Wildman–Crippen LogP) is 0.581. The number of piperidine rings is 1. The van der Waals surface area contributed by atoms with Crippen molar-refractivity contribution in [3.63, 3.8) is 0 Å². The molecule has 0 spiro atoms. The lowest BCUT2D eigenvalue weighted by molar-refractivity contribution is -0.118. The fourth-order valence-electron chi connectivity index (χ4n) is 2.58. The van der Waals surface area contributed by atoms with Gasteiger partial charge >= 0.3 is 0 Å². The first kappa shape index (κ1) is 12.9. The second kappa shape index (κ2) is 5.13. The summed E-state index contributed by atoms with van der Waals surface area (Å²) < 4.78 is 5.33. The van der Waals surface area contributed by atoms with Crippen LogP contribution in [0.25, 0.3) is 0 Å². The van der Waals surface area contributed by atoms with Crippen molar-refractivity contribution in [3.05, 3.63) is 23.8 Å². The Kier molecular flexibility index (Phi) is 3.31. The van der Waals surface area contributed by atoms with Crippen molar-refractivity contribution in [2.24, 2.45) is 5.73 Å². The van der Waals surface area contributed by atoms with Gasteiger partial charge in [-0.25, -0.2) is 0 Å². The molecule has 1 fully saturated rings. The van der Waals surface area contributed by atoms with Crippen molar-refractivity contribution in [2.45, 2.75) is 18.9 Å². The van der Waals surface area contributed by atoms with E-state index in [9.17, 15) is 9.59 Å². The first-order chi connectivity index (χ1) is 9.63. The lowest BCUT2D eigenvalue weighted by atomic mass is 10.0. The lowest BCUT2D eigenvalue weighted by Crippen LogP contribution is -2.45. The van der Waals surface area contributed by atoms with Gasteiger partial charge in [0.25, 0.3) is 11.8 Å². The van der Waals surface area contributed by atoms with Crippen LogP contribution >= 0.6 is 0 Å². The highest BCUT2D eigenvalue weighted by molar-refractivity contribution is 5.99. The zero-order valence-corrected chi connectivity index (χ0v) is 11.1. The van der Waals surface area contributed by atoms with Gasteiger partial charge in [0.2, 0.25) is 0 Å². The van der Waals surface area contributed by atoms with E-state index in [1.807, 2.05) is 0 Å². The third-order valence-electron chi connectivity index (χ3n) is 3.61. The molecule has 1 atom stereocenters. The van der Waals surface area contributed by atoms with Crippen LogP contribution in [0.15, 0.2) is 18.2 Å². The van der Waals surface area contributed by atoms with Crippen LogP contribution in [-0.2, 0) is 4.79 Å².